The van der Waals surface area contributed by atoms with E-state index >= 15 is 0 Å². The molecule has 0 saturated carbocycles. The maximum atomic E-state index is 11.0. The van der Waals surface area contributed by atoms with E-state index in [1.807, 2.05) is 0 Å². The second-order valence-corrected chi connectivity index (χ2v) is 12.2. The lowest BCUT2D eigenvalue weighted by molar-refractivity contribution is 0.375. The summed E-state index contributed by atoms with van der Waals surface area (Å²) in [6.45, 7) is 0. The van der Waals surface area contributed by atoms with E-state index in [2.05, 4.69) is 0 Å². The second-order valence-electron chi connectivity index (χ2n) is 10.4. The number of phenols is 6. The number of benzene rings is 4. The van der Waals surface area contributed by atoms with Gasteiger partial charge in [-0.1, -0.05) is 58.6 Å². The molecule has 8 nitrogen and oxygen atoms in total. The summed E-state index contributed by atoms with van der Waals surface area (Å²) in [5.41, 5.74) is 2.11. The van der Waals surface area contributed by atoms with Gasteiger partial charge in [-0.25, -0.2) is 0 Å². The molecule has 0 spiro atoms. The molecule has 4 aliphatic heterocycles. The monoisotopic (exact) mass is 688 g/mol. The average molecular weight is 690 g/mol. The Kier molecular flexibility index (Phi) is 9.46. The number of aromatic hydroxyl groups is 6. The number of halogens is 4. The molecule has 8 bridgehead atoms. The molecule has 0 aliphatic carbocycles. The van der Waals surface area contributed by atoms with Gasteiger partial charge in [0.05, 0.1) is 10.0 Å². The van der Waals surface area contributed by atoms with E-state index in [-0.39, 0.29) is 93.2 Å². The van der Waals surface area contributed by atoms with E-state index in [1.54, 1.807) is 20.0 Å². The predicted octanol–water partition coefficient (Wildman–Crippen LogP) is 7.20. The second kappa shape index (κ2) is 13.1. The van der Waals surface area contributed by atoms with Crippen molar-refractivity contribution in [1.29, 1.82) is 0 Å². The Balaban J connectivity index is 1.61. The molecule has 6 N–H and O–H groups in total. The van der Waals surface area contributed by atoms with Gasteiger partial charge in [-0.05, 0) is 59.8 Å². The number of allylic oxidation sites excluding steroid dienone is 4. The summed E-state index contributed by atoms with van der Waals surface area (Å²) in [7, 11) is 1.63. The third kappa shape index (κ3) is 7.12. The zero-order chi connectivity index (χ0) is 32.6. The van der Waals surface area contributed by atoms with Gasteiger partial charge in [-0.15, -0.1) is 0 Å². The van der Waals surface area contributed by atoms with Crippen molar-refractivity contribution in [2.75, 3.05) is 0 Å². The van der Waals surface area contributed by atoms with Crippen LogP contribution in [0.3, 0.4) is 0 Å². The van der Waals surface area contributed by atoms with E-state index < -0.39 is 0 Å². The first-order chi connectivity index (χ1) is 21.3. The Morgan fingerprint density at radius 1 is 0.533 bits per heavy atom. The summed E-state index contributed by atoms with van der Waals surface area (Å²) in [6.07, 6.45) is 3.76. The van der Waals surface area contributed by atoms with Gasteiger partial charge < -0.3 is 40.1 Å². The molecule has 4 aromatic rings. The Morgan fingerprint density at radius 3 is 1.53 bits per heavy atom. The van der Waals surface area contributed by atoms with Crippen molar-refractivity contribution in [2.24, 2.45) is 0 Å². The lowest BCUT2D eigenvalue weighted by Gasteiger charge is -2.17. The third-order valence-electron chi connectivity index (χ3n) is 7.21. The van der Waals surface area contributed by atoms with Crippen LogP contribution >= 0.6 is 46.4 Å². The van der Waals surface area contributed by atoms with Gasteiger partial charge in [0, 0.05) is 46.2 Å². The molecule has 0 radical (unpaired) electrons. The highest BCUT2D eigenvalue weighted by Crippen LogP contribution is 2.45. The van der Waals surface area contributed by atoms with Gasteiger partial charge in [0.25, 0.3) is 0 Å². The summed E-state index contributed by atoms with van der Waals surface area (Å²) < 4.78 is 11.6. The number of ether oxygens (including phenoxy) is 2. The molecule has 0 fully saturated rings. The minimum Gasteiger partial charge on any atom is -0.508 e. The smallest absolute Gasteiger partial charge is 0.210 e. The van der Waals surface area contributed by atoms with Crippen molar-refractivity contribution < 1.29 is 40.1 Å². The summed E-state index contributed by atoms with van der Waals surface area (Å²) in [5, 5.41) is 64.9. The van der Waals surface area contributed by atoms with Crippen LogP contribution < -0.4 is 14.9 Å². The number of hydrogen-bond donors (Lipinski definition) is 6. The van der Waals surface area contributed by atoms with E-state index in [0.29, 0.717) is 37.8 Å². The average Bonchev–Trinajstić information content (AvgIpc) is 2.96. The first kappa shape index (κ1) is 32.4. The summed E-state index contributed by atoms with van der Waals surface area (Å²) in [5.74, 6) is -2.08. The van der Waals surface area contributed by atoms with Crippen molar-refractivity contribution in [3.63, 3.8) is 0 Å². The zero-order valence-corrected chi connectivity index (χ0v) is 26.6. The lowest BCUT2D eigenvalue weighted by Crippen LogP contribution is -2.12. The first-order valence-corrected chi connectivity index (χ1v) is 15.0. The normalized spacial score (nSPS) is 16.1. The van der Waals surface area contributed by atoms with E-state index in [9.17, 15) is 30.6 Å². The fraction of sp³-hybridized carbons (Fsp3) is 0.125. The maximum absolute atomic E-state index is 11.0. The van der Waals surface area contributed by atoms with Crippen LogP contribution in [-0.2, 0) is 25.7 Å². The van der Waals surface area contributed by atoms with E-state index in [0.717, 1.165) is 0 Å². The van der Waals surface area contributed by atoms with Crippen LogP contribution in [-0.4, -0.2) is 38.5 Å². The van der Waals surface area contributed by atoms with Crippen molar-refractivity contribution in [2.45, 2.75) is 25.7 Å². The molecule has 0 saturated heterocycles. The molecule has 4 aromatic carbocycles. The highest BCUT2D eigenvalue weighted by atomic mass is 35.5. The quantitative estimate of drug-likeness (QED) is 0.107. The third-order valence-corrected chi connectivity index (χ3v) is 8.38. The molecule has 0 unspecified atom stereocenters. The van der Waals surface area contributed by atoms with Crippen LogP contribution in [0.2, 0.25) is 10.0 Å². The van der Waals surface area contributed by atoms with Gasteiger partial charge in [-0.3, -0.25) is 0 Å². The molecule has 45 heavy (non-hydrogen) atoms. The summed E-state index contributed by atoms with van der Waals surface area (Å²) in [4.78, 5) is 0. The molecular formula is C32H25BCl4O8. The largest absolute Gasteiger partial charge is 0.508 e. The minimum atomic E-state index is -0.373. The van der Waals surface area contributed by atoms with Crippen molar-refractivity contribution in [3.8, 4) is 57.5 Å². The Bertz CT molecular complexity index is 1870. The highest BCUT2D eigenvalue weighted by Gasteiger charge is 2.21. The maximum Gasteiger partial charge on any atom is 0.210 e. The Morgan fingerprint density at radius 2 is 1.00 bits per heavy atom. The van der Waals surface area contributed by atoms with Crippen LogP contribution in [0.25, 0.3) is 0 Å². The number of phenolic OH excluding ortho intramolecular Hbond substituents is 6. The fourth-order valence-electron chi connectivity index (χ4n) is 4.76. The van der Waals surface area contributed by atoms with E-state index in [1.165, 1.54) is 42.5 Å². The van der Waals surface area contributed by atoms with Gasteiger partial charge in [0.1, 0.15) is 30.8 Å². The number of rotatable bonds is 0. The first-order valence-electron chi connectivity index (χ1n) is 13.5. The molecule has 0 amide bonds. The van der Waals surface area contributed by atoms with Crippen LogP contribution in [0.5, 0.6) is 57.5 Å². The van der Waals surface area contributed by atoms with Crippen LogP contribution in [0, 0.1) is 0 Å². The SMILES string of the molecule is Bc1c2cc(O)c(c1O)Oc1cc(c(O)cc1Cl)C/C=C(/Cl)Cc1cc(O)c(c(O)c1)Oc1cc(c(O)cc1Cl)C/C=C(/Cl)C2. The van der Waals surface area contributed by atoms with Crippen molar-refractivity contribution in [1.82, 2.24) is 0 Å². The predicted molar refractivity (Wildman–Crippen MR) is 177 cm³/mol. The fourth-order valence-corrected chi connectivity index (χ4v) is 5.61. The molecule has 8 rings (SSSR count). The highest BCUT2D eigenvalue weighted by molar-refractivity contribution is 6.36. The standard InChI is InChI=1S/C32H25BCl4O8/c33-29-17-8-19(35)4-2-16-10-27(20(36)12-22(16)38)44-31-24(40)6-14(7-25(31)41)5-18(34)3-1-15-11-28(21(37)13-23(15)39)45-32(30(29)43)26(42)9-17/h3-4,6-7,9-13,38-43H,1-2,5,8,33H2/b18-3+,19-4+. The topological polar surface area (TPSA) is 140 Å². The van der Waals surface area contributed by atoms with Crippen LogP contribution in [0.1, 0.15) is 22.3 Å². The Labute approximate surface area is 278 Å². The minimum absolute atomic E-state index is 0.0270. The van der Waals surface area contributed by atoms with Crippen molar-refractivity contribution >= 4 is 59.7 Å². The molecule has 232 valence electrons. The molecule has 0 atom stereocenters. The summed E-state index contributed by atoms with van der Waals surface area (Å²) >= 11 is 25.6. The molecule has 13 heteroatoms. The molecule has 0 aromatic heterocycles. The van der Waals surface area contributed by atoms with Crippen LogP contribution in [0.4, 0.5) is 0 Å². The Hall–Kier alpha value is -4.02. The van der Waals surface area contributed by atoms with Gasteiger partial charge in [0.15, 0.2) is 23.0 Å². The van der Waals surface area contributed by atoms with Crippen LogP contribution in [0.15, 0.2) is 64.7 Å². The van der Waals surface area contributed by atoms with Gasteiger partial charge in [0.2, 0.25) is 11.5 Å². The zero-order valence-electron chi connectivity index (χ0n) is 23.5. The number of hydrogen-bond acceptors (Lipinski definition) is 8. The molecule has 4 aliphatic rings. The van der Waals surface area contributed by atoms with Gasteiger partial charge >= 0.3 is 0 Å². The molecule has 4 heterocycles. The van der Waals surface area contributed by atoms with E-state index in [4.69, 9.17) is 55.9 Å². The lowest BCUT2D eigenvalue weighted by atomic mass is 9.87. The van der Waals surface area contributed by atoms with Gasteiger partial charge in [-0.2, -0.15) is 0 Å². The van der Waals surface area contributed by atoms with Crippen molar-refractivity contribution in [3.05, 3.63) is 97.0 Å². The molecular weight excluding hydrogens is 665 g/mol. The summed E-state index contributed by atoms with van der Waals surface area (Å²) in [6, 6.07) is 9.60.